The zero-order valence-corrected chi connectivity index (χ0v) is 14.5. The molecule has 1 amide bonds. The van der Waals surface area contributed by atoms with Crippen molar-refractivity contribution >= 4 is 27.3 Å². The van der Waals surface area contributed by atoms with Crippen LogP contribution >= 0.6 is 0 Å². The van der Waals surface area contributed by atoms with Gasteiger partial charge in [0, 0.05) is 5.56 Å². The first-order valence-electron chi connectivity index (χ1n) is 7.79. The smallest absolute Gasteiger partial charge is 0.261 e. The minimum atomic E-state index is -3.81. The standard InChI is InChI=1S/C20H16N2O3S/c1-15-11-13-17(14-12-15)26(24,25)22-19-10-6-5-9-18(19)21-20(23)16-7-3-2-4-8-16/h1-14,22H,(H,21,23). The summed E-state index contributed by atoms with van der Waals surface area (Å²) in [5, 5.41) is 2.72. The Balaban J connectivity index is 1.85. The Morgan fingerprint density at radius 1 is 0.769 bits per heavy atom. The first-order chi connectivity index (χ1) is 12.5. The van der Waals surface area contributed by atoms with E-state index in [2.05, 4.69) is 10.0 Å². The lowest BCUT2D eigenvalue weighted by molar-refractivity contribution is 0.102. The molecule has 0 fully saturated rings. The molecule has 5 nitrogen and oxygen atoms in total. The minimum absolute atomic E-state index is 0.0795. The topological polar surface area (TPSA) is 75.3 Å². The number of nitrogens with one attached hydrogen (secondary N) is 2. The van der Waals surface area contributed by atoms with Crippen molar-refractivity contribution in [1.29, 1.82) is 0 Å². The van der Waals surface area contributed by atoms with Gasteiger partial charge in [-0.1, -0.05) is 42.5 Å². The zero-order valence-electron chi connectivity index (χ0n) is 13.7. The summed E-state index contributed by atoms with van der Waals surface area (Å²) in [5.41, 5.74) is 1.58. The molecule has 0 unspecified atom stereocenters. The van der Waals surface area contributed by atoms with E-state index in [1.165, 1.54) is 24.3 Å². The molecular formula is C20H16N2O3S. The predicted octanol–water partition coefficient (Wildman–Crippen LogP) is 3.80. The quantitative estimate of drug-likeness (QED) is 0.723. The molecule has 3 rings (SSSR count). The van der Waals surface area contributed by atoms with Crippen LogP contribution < -0.4 is 10.0 Å². The van der Waals surface area contributed by atoms with Crippen LogP contribution in [0.5, 0.6) is 0 Å². The van der Waals surface area contributed by atoms with Crippen molar-refractivity contribution in [2.75, 3.05) is 10.0 Å². The van der Waals surface area contributed by atoms with Gasteiger partial charge in [0.2, 0.25) is 0 Å². The van der Waals surface area contributed by atoms with Crippen molar-refractivity contribution < 1.29 is 13.2 Å². The van der Waals surface area contributed by atoms with Crippen LogP contribution in [0.1, 0.15) is 15.9 Å². The molecule has 0 aliphatic heterocycles. The molecule has 3 aromatic rings. The van der Waals surface area contributed by atoms with Crippen molar-refractivity contribution in [2.45, 2.75) is 4.90 Å². The predicted molar refractivity (Wildman–Crippen MR) is 101 cm³/mol. The highest BCUT2D eigenvalue weighted by Crippen LogP contribution is 2.25. The Kier molecular flexibility index (Phi) is 5.04. The summed E-state index contributed by atoms with van der Waals surface area (Å²) in [6, 6.07) is 21.1. The number of rotatable bonds is 5. The van der Waals surface area contributed by atoms with Gasteiger partial charge in [-0.15, -0.1) is 0 Å². The lowest BCUT2D eigenvalue weighted by Crippen LogP contribution is -2.17. The molecule has 0 spiro atoms. The minimum Gasteiger partial charge on any atom is -0.320 e. The molecule has 2 radical (unpaired) electrons. The highest BCUT2D eigenvalue weighted by atomic mass is 32.2. The number of benzene rings is 3. The molecule has 3 aromatic carbocycles. The van der Waals surface area contributed by atoms with E-state index in [4.69, 9.17) is 6.92 Å². The molecule has 0 heterocycles. The molecular weight excluding hydrogens is 348 g/mol. The summed E-state index contributed by atoms with van der Waals surface area (Å²) in [6.07, 6.45) is 0. The van der Waals surface area contributed by atoms with Crippen LogP contribution in [0, 0.1) is 6.92 Å². The molecule has 0 saturated heterocycles. The molecule has 6 heteroatoms. The Morgan fingerprint density at radius 3 is 2.00 bits per heavy atom. The summed E-state index contributed by atoms with van der Waals surface area (Å²) in [4.78, 5) is 12.4. The van der Waals surface area contributed by atoms with Crippen LogP contribution in [0.2, 0.25) is 0 Å². The second-order valence-corrected chi connectivity index (χ2v) is 7.22. The molecule has 26 heavy (non-hydrogen) atoms. The van der Waals surface area contributed by atoms with Gasteiger partial charge in [-0.05, 0) is 48.9 Å². The summed E-state index contributed by atoms with van der Waals surface area (Å²) in [5.74, 6) is -0.329. The van der Waals surface area contributed by atoms with E-state index in [1.807, 2.05) is 6.07 Å². The van der Waals surface area contributed by atoms with Gasteiger partial charge in [0.25, 0.3) is 15.9 Å². The Bertz CT molecular complexity index is 1010. The molecule has 0 saturated carbocycles. The number of amides is 1. The number of carbonyl (C=O) groups is 1. The van der Waals surface area contributed by atoms with Gasteiger partial charge in [-0.2, -0.15) is 0 Å². The summed E-state index contributed by atoms with van der Waals surface area (Å²) >= 11 is 0. The van der Waals surface area contributed by atoms with Crippen molar-refractivity contribution in [3.05, 3.63) is 96.9 Å². The normalized spacial score (nSPS) is 11.0. The maximum atomic E-state index is 12.6. The highest BCUT2D eigenvalue weighted by Gasteiger charge is 2.16. The van der Waals surface area contributed by atoms with Gasteiger partial charge < -0.3 is 5.32 Å². The van der Waals surface area contributed by atoms with E-state index in [0.29, 0.717) is 16.8 Å². The van der Waals surface area contributed by atoms with Crippen molar-refractivity contribution in [3.8, 4) is 0 Å². The number of hydrogen-bond donors (Lipinski definition) is 2. The van der Waals surface area contributed by atoms with Gasteiger partial charge in [0.1, 0.15) is 0 Å². The number of anilines is 2. The van der Waals surface area contributed by atoms with Crippen LogP contribution in [0.3, 0.4) is 0 Å². The summed E-state index contributed by atoms with van der Waals surface area (Å²) in [6.45, 7) is 5.59. The van der Waals surface area contributed by atoms with Gasteiger partial charge in [0.05, 0.1) is 16.3 Å². The maximum Gasteiger partial charge on any atom is 0.261 e. The van der Waals surface area contributed by atoms with E-state index in [9.17, 15) is 13.2 Å². The maximum absolute atomic E-state index is 12.6. The molecule has 0 atom stereocenters. The third-order valence-corrected chi connectivity index (χ3v) is 5.03. The lowest BCUT2D eigenvalue weighted by atomic mass is 10.2. The van der Waals surface area contributed by atoms with Crippen molar-refractivity contribution in [2.24, 2.45) is 0 Å². The van der Waals surface area contributed by atoms with Gasteiger partial charge >= 0.3 is 0 Å². The first kappa shape index (κ1) is 17.7. The molecule has 0 aromatic heterocycles. The van der Waals surface area contributed by atoms with E-state index in [0.717, 1.165) is 0 Å². The van der Waals surface area contributed by atoms with Gasteiger partial charge in [-0.3, -0.25) is 9.52 Å². The van der Waals surface area contributed by atoms with Gasteiger partial charge in [0.15, 0.2) is 0 Å². The fraction of sp³-hybridized carbons (Fsp3) is 0. The third kappa shape index (κ3) is 4.10. The zero-order chi connectivity index (χ0) is 18.6. The second-order valence-electron chi connectivity index (χ2n) is 5.54. The fourth-order valence-corrected chi connectivity index (χ4v) is 3.40. The number of sulfonamides is 1. The SMILES string of the molecule is [CH]c1ccc(S(=O)(=O)Nc2ccccc2NC(=O)c2ccccc2)cc1. The van der Waals surface area contributed by atoms with Crippen LogP contribution in [-0.2, 0) is 10.0 Å². The van der Waals surface area contributed by atoms with Crippen molar-refractivity contribution in [1.82, 2.24) is 0 Å². The summed E-state index contributed by atoms with van der Waals surface area (Å²) in [7, 11) is -3.81. The largest absolute Gasteiger partial charge is 0.320 e. The molecule has 0 bridgehead atoms. The van der Waals surface area contributed by atoms with E-state index in [-0.39, 0.29) is 16.5 Å². The van der Waals surface area contributed by atoms with E-state index >= 15 is 0 Å². The average Bonchev–Trinajstić information content (AvgIpc) is 2.64. The molecule has 130 valence electrons. The van der Waals surface area contributed by atoms with Crippen LogP contribution in [-0.4, -0.2) is 14.3 Å². The monoisotopic (exact) mass is 364 g/mol. The van der Waals surface area contributed by atoms with Crippen LogP contribution in [0.15, 0.2) is 83.8 Å². The Morgan fingerprint density at radius 2 is 1.35 bits per heavy atom. The van der Waals surface area contributed by atoms with E-state index in [1.54, 1.807) is 48.5 Å². The Hall–Kier alpha value is -3.12. The van der Waals surface area contributed by atoms with E-state index < -0.39 is 10.0 Å². The van der Waals surface area contributed by atoms with Crippen LogP contribution in [0.25, 0.3) is 0 Å². The highest BCUT2D eigenvalue weighted by molar-refractivity contribution is 7.92. The number of para-hydroxylation sites is 2. The average molecular weight is 364 g/mol. The molecule has 0 aliphatic rings. The molecule has 0 aliphatic carbocycles. The first-order valence-corrected chi connectivity index (χ1v) is 9.28. The number of hydrogen-bond acceptors (Lipinski definition) is 3. The summed E-state index contributed by atoms with van der Waals surface area (Å²) < 4.78 is 27.6. The second kappa shape index (κ2) is 7.41. The third-order valence-electron chi connectivity index (χ3n) is 3.65. The molecule has 2 N–H and O–H groups in total. The van der Waals surface area contributed by atoms with Crippen LogP contribution in [0.4, 0.5) is 11.4 Å². The van der Waals surface area contributed by atoms with Crippen molar-refractivity contribution in [3.63, 3.8) is 0 Å². The lowest BCUT2D eigenvalue weighted by Gasteiger charge is -2.13. The fourth-order valence-electron chi connectivity index (χ4n) is 2.32. The number of carbonyl (C=O) groups excluding carboxylic acids is 1. The van der Waals surface area contributed by atoms with Gasteiger partial charge in [-0.25, -0.2) is 8.42 Å². The Labute approximate surface area is 152 Å².